The van der Waals surface area contributed by atoms with E-state index in [9.17, 15) is 4.79 Å². The Morgan fingerprint density at radius 1 is 1.47 bits per heavy atom. The van der Waals surface area contributed by atoms with E-state index in [0.717, 1.165) is 0 Å². The summed E-state index contributed by atoms with van der Waals surface area (Å²) in [6.07, 6.45) is 0.399. The zero-order chi connectivity index (χ0) is 11.1. The summed E-state index contributed by atoms with van der Waals surface area (Å²) in [5.74, 6) is -0.0907. The van der Waals surface area contributed by atoms with E-state index in [4.69, 9.17) is 5.26 Å². The predicted molar refractivity (Wildman–Crippen MR) is 58.3 cm³/mol. The van der Waals surface area contributed by atoms with E-state index in [1.807, 2.05) is 6.07 Å². The number of hydrogen-bond donors (Lipinski definition) is 2. The first-order chi connectivity index (χ1) is 7.27. The number of amides is 1. The molecule has 0 saturated carbocycles. The average Bonchev–Trinajstić information content (AvgIpc) is 2.27. The Morgan fingerprint density at radius 2 is 2.20 bits per heavy atom. The van der Waals surface area contributed by atoms with Crippen LogP contribution in [-0.4, -0.2) is 19.5 Å². The van der Waals surface area contributed by atoms with Gasteiger partial charge in [-0.2, -0.15) is 5.26 Å². The minimum atomic E-state index is -0.0907. The van der Waals surface area contributed by atoms with Gasteiger partial charge in [0.15, 0.2) is 0 Å². The number of hydrogen-bond acceptors (Lipinski definition) is 3. The third-order valence-corrected chi connectivity index (χ3v) is 1.92. The molecule has 0 aliphatic rings. The molecule has 4 heteroatoms. The van der Waals surface area contributed by atoms with E-state index in [0.29, 0.717) is 24.2 Å². The summed E-state index contributed by atoms with van der Waals surface area (Å²) >= 11 is 0. The number of benzene rings is 1. The van der Waals surface area contributed by atoms with Crippen molar-refractivity contribution >= 4 is 11.6 Å². The lowest BCUT2D eigenvalue weighted by Gasteiger charge is -2.05. The van der Waals surface area contributed by atoms with Crippen molar-refractivity contribution in [1.29, 1.82) is 5.26 Å². The molecule has 0 unspecified atom stereocenters. The van der Waals surface area contributed by atoms with Gasteiger partial charge in [0.1, 0.15) is 6.07 Å². The summed E-state index contributed by atoms with van der Waals surface area (Å²) in [4.78, 5) is 11.4. The van der Waals surface area contributed by atoms with Gasteiger partial charge in [-0.1, -0.05) is 12.1 Å². The zero-order valence-electron chi connectivity index (χ0n) is 8.58. The van der Waals surface area contributed by atoms with Crippen molar-refractivity contribution in [2.75, 3.05) is 18.9 Å². The lowest BCUT2D eigenvalue weighted by Crippen LogP contribution is -2.19. The normalized spacial score (nSPS) is 9.33. The van der Waals surface area contributed by atoms with Crippen molar-refractivity contribution in [2.24, 2.45) is 0 Å². The standard InChI is InChI=1S/C11H13N3O/c1-13-7-6-11(15)14-10-5-3-2-4-9(10)8-12/h2-5,13H,6-7H2,1H3,(H,14,15). The topological polar surface area (TPSA) is 64.9 Å². The van der Waals surface area contributed by atoms with E-state index in [-0.39, 0.29) is 5.91 Å². The van der Waals surface area contributed by atoms with Gasteiger partial charge in [0.25, 0.3) is 0 Å². The second-order valence-corrected chi connectivity index (χ2v) is 3.06. The number of nitriles is 1. The molecule has 0 bridgehead atoms. The summed E-state index contributed by atoms with van der Waals surface area (Å²) < 4.78 is 0. The van der Waals surface area contributed by atoms with Gasteiger partial charge in [0, 0.05) is 13.0 Å². The van der Waals surface area contributed by atoms with Crippen LogP contribution in [0.4, 0.5) is 5.69 Å². The van der Waals surface area contributed by atoms with Crippen molar-refractivity contribution < 1.29 is 4.79 Å². The molecular weight excluding hydrogens is 190 g/mol. The number of nitrogens with one attached hydrogen (secondary N) is 2. The zero-order valence-corrected chi connectivity index (χ0v) is 8.58. The lowest BCUT2D eigenvalue weighted by molar-refractivity contribution is -0.116. The molecule has 0 aliphatic carbocycles. The summed E-state index contributed by atoms with van der Waals surface area (Å²) in [6.45, 7) is 0.626. The van der Waals surface area contributed by atoms with Gasteiger partial charge in [-0.3, -0.25) is 4.79 Å². The Morgan fingerprint density at radius 3 is 2.87 bits per heavy atom. The summed E-state index contributed by atoms with van der Waals surface area (Å²) in [7, 11) is 1.79. The van der Waals surface area contributed by atoms with Gasteiger partial charge >= 0.3 is 0 Å². The van der Waals surface area contributed by atoms with Gasteiger partial charge < -0.3 is 10.6 Å². The van der Waals surface area contributed by atoms with Gasteiger partial charge in [-0.15, -0.1) is 0 Å². The molecule has 0 saturated heterocycles. The van der Waals surface area contributed by atoms with Crippen molar-refractivity contribution in [3.63, 3.8) is 0 Å². The third-order valence-electron chi connectivity index (χ3n) is 1.92. The number of anilines is 1. The van der Waals surface area contributed by atoms with E-state index in [1.54, 1.807) is 31.3 Å². The molecule has 0 aliphatic heterocycles. The smallest absolute Gasteiger partial charge is 0.225 e. The quantitative estimate of drug-likeness (QED) is 0.770. The highest BCUT2D eigenvalue weighted by atomic mass is 16.1. The van der Waals surface area contributed by atoms with Crippen LogP contribution >= 0.6 is 0 Å². The van der Waals surface area contributed by atoms with Crippen molar-refractivity contribution in [3.05, 3.63) is 29.8 Å². The van der Waals surface area contributed by atoms with E-state index < -0.39 is 0 Å². The molecule has 0 atom stereocenters. The molecular formula is C11H13N3O. The Labute approximate surface area is 88.9 Å². The van der Waals surface area contributed by atoms with Crippen LogP contribution in [-0.2, 0) is 4.79 Å². The van der Waals surface area contributed by atoms with Gasteiger partial charge in [0.2, 0.25) is 5.91 Å². The van der Waals surface area contributed by atoms with Crippen LogP contribution < -0.4 is 10.6 Å². The second-order valence-electron chi connectivity index (χ2n) is 3.06. The van der Waals surface area contributed by atoms with Crippen LogP contribution in [0.25, 0.3) is 0 Å². The first kappa shape index (κ1) is 11.2. The first-order valence-electron chi connectivity index (χ1n) is 4.71. The fraction of sp³-hybridized carbons (Fsp3) is 0.273. The maximum absolute atomic E-state index is 11.4. The van der Waals surface area contributed by atoms with E-state index >= 15 is 0 Å². The highest BCUT2D eigenvalue weighted by molar-refractivity contribution is 5.92. The van der Waals surface area contributed by atoms with Crippen molar-refractivity contribution in [1.82, 2.24) is 5.32 Å². The van der Waals surface area contributed by atoms with Crippen LogP contribution in [0.1, 0.15) is 12.0 Å². The SMILES string of the molecule is CNCCC(=O)Nc1ccccc1C#N. The summed E-state index contributed by atoms with van der Waals surface area (Å²) in [6, 6.07) is 8.97. The molecule has 4 nitrogen and oxygen atoms in total. The van der Waals surface area contributed by atoms with Crippen LogP contribution in [0, 0.1) is 11.3 Å². The van der Waals surface area contributed by atoms with E-state index in [2.05, 4.69) is 10.6 Å². The monoisotopic (exact) mass is 203 g/mol. The van der Waals surface area contributed by atoms with Crippen molar-refractivity contribution in [2.45, 2.75) is 6.42 Å². The van der Waals surface area contributed by atoms with E-state index in [1.165, 1.54) is 0 Å². The second kappa shape index (κ2) is 5.78. The molecule has 0 spiro atoms. The Kier molecular flexibility index (Phi) is 4.32. The molecule has 0 radical (unpaired) electrons. The molecule has 1 rings (SSSR count). The maximum atomic E-state index is 11.4. The highest BCUT2D eigenvalue weighted by Crippen LogP contribution is 2.13. The number of rotatable bonds is 4. The number of carbonyl (C=O) groups is 1. The largest absolute Gasteiger partial charge is 0.325 e. The molecule has 78 valence electrons. The minimum absolute atomic E-state index is 0.0907. The average molecular weight is 203 g/mol. The molecule has 0 fully saturated rings. The Balaban J connectivity index is 2.64. The fourth-order valence-corrected chi connectivity index (χ4v) is 1.14. The molecule has 1 aromatic rings. The molecule has 2 N–H and O–H groups in total. The van der Waals surface area contributed by atoms with Crippen LogP contribution in [0.3, 0.4) is 0 Å². The minimum Gasteiger partial charge on any atom is -0.325 e. The van der Waals surface area contributed by atoms with Gasteiger partial charge in [-0.05, 0) is 19.2 Å². The Hall–Kier alpha value is -1.86. The fourth-order valence-electron chi connectivity index (χ4n) is 1.14. The molecule has 15 heavy (non-hydrogen) atoms. The van der Waals surface area contributed by atoms with Gasteiger partial charge in [-0.25, -0.2) is 0 Å². The lowest BCUT2D eigenvalue weighted by atomic mass is 10.2. The number of para-hydroxylation sites is 1. The summed E-state index contributed by atoms with van der Waals surface area (Å²) in [5, 5.41) is 14.4. The molecule has 0 aromatic heterocycles. The number of carbonyl (C=O) groups excluding carboxylic acids is 1. The van der Waals surface area contributed by atoms with Crippen LogP contribution in [0.2, 0.25) is 0 Å². The molecule has 1 amide bonds. The maximum Gasteiger partial charge on any atom is 0.225 e. The van der Waals surface area contributed by atoms with Crippen molar-refractivity contribution in [3.8, 4) is 6.07 Å². The first-order valence-corrected chi connectivity index (χ1v) is 4.71. The molecule has 1 aromatic carbocycles. The third kappa shape index (κ3) is 3.41. The number of nitrogens with zero attached hydrogens (tertiary/aromatic N) is 1. The molecule has 0 heterocycles. The van der Waals surface area contributed by atoms with Crippen LogP contribution in [0.15, 0.2) is 24.3 Å². The summed E-state index contributed by atoms with van der Waals surface area (Å²) in [5.41, 5.74) is 1.05. The van der Waals surface area contributed by atoms with Gasteiger partial charge in [0.05, 0.1) is 11.3 Å². The Bertz CT molecular complexity index is 382. The highest BCUT2D eigenvalue weighted by Gasteiger charge is 2.04. The predicted octanol–water partition coefficient (Wildman–Crippen LogP) is 1.11. The van der Waals surface area contributed by atoms with Crippen LogP contribution in [0.5, 0.6) is 0 Å².